The quantitative estimate of drug-likeness (QED) is 0.144. The van der Waals surface area contributed by atoms with Crippen molar-refractivity contribution in [2.45, 2.75) is 31.6 Å². The Hall–Kier alpha value is -8.26. The third-order valence-corrected chi connectivity index (χ3v) is 15.3. The zero-order valence-electron chi connectivity index (χ0n) is 38.5. The van der Waals surface area contributed by atoms with Gasteiger partial charge in [0.1, 0.15) is 0 Å². The summed E-state index contributed by atoms with van der Waals surface area (Å²) in [6.45, 7) is 7.16. The third-order valence-electron chi connectivity index (χ3n) is 15.3. The van der Waals surface area contributed by atoms with E-state index in [2.05, 4.69) is 268 Å². The molecule has 0 amide bonds. The van der Waals surface area contributed by atoms with Crippen LogP contribution in [0.15, 0.2) is 243 Å². The number of benzene rings is 11. The average molecular weight is 868 g/mol. The molecule has 0 N–H and O–H groups in total. The lowest BCUT2D eigenvalue weighted by Crippen LogP contribution is -2.22. The molecule has 0 saturated carbocycles. The average Bonchev–Trinajstić information content (AvgIpc) is 3.80. The van der Waals surface area contributed by atoms with Crippen LogP contribution in [-0.4, -0.2) is 0 Å². The van der Waals surface area contributed by atoms with E-state index in [0.717, 1.165) is 17.1 Å². The molecule has 11 aromatic carbocycles. The molecule has 1 nitrogen and oxygen atoms in total. The number of nitrogens with zero attached hydrogens (tertiary/aromatic N) is 1. The summed E-state index contributed by atoms with van der Waals surface area (Å²) in [5.74, 6) is 0. The largest absolute Gasteiger partial charge is 0.310 e. The first kappa shape index (κ1) is 40.1. The summed E-state index contributed by atoms with van der Waals surface area (Å²) in [7, 11) is 0. The van der Waals surface area contributed by atoms with Crippen molar-refractivity contribution in [3.63, 3.8) is 0 Å². The Morgan fingerprint density at radius 2 is 0.779 bits per heavy atom. The molecular formula is C67H49N. The number of anilines is 3. The predicted octanol–water partition coefficient (Wildman–Crippen LogP) is 18.1. The monoisotopic (exact) mass is 867 g/mol. The van der Waals surface area contributed by atoms with E-state index in [4.69, 9.17) is 0 Å². The summed E-state index contributed by atoms with van der Waals surface area (Å²) in [6.07, 6.45) is 0. The fourth-order valence-corrected chi connectivity index (χ4v) is 12.2. The Labute approximate surface area is 399 Å². The maximum atomic E-state index is 2.47. The molecule has 0 fully saturated rings. The first-order chi connectivity index (χ1) is 33.4. The Balaban J connectivity index is 1.03. The van der Waals surface area contributed by atoms with Crippen molar-refractivity contribution in [2.24, 2.45) is 0 Å². The van der Waals surface area contributed by atoms with E-state index < -0.39 is 0 Å². The van der Waals surface area contributed by atoms with Crippen LogP contribution in [0.4, 0.5) is 17.1 Å². The van der Waals surface area contributed by atoms with Gasteiger partial charge in [-0.25, -0.2) is 0 Å². The van der Waals surface area contributed by atoms with Crippen LogP contribution in [0.3, 0.4) is 0 Å². The molecule has 0 radical (unpaired) electrons. The molecule has 11 aromatic rings. The highest BCUT2D eigenvalue weighted by molar-refractivity contribution is 6.21. The van der Waals surface area contributed by atoms with E-state index in [1.165, 1.54) is 105 Å². The van der Waals surface area contributed by atoms with Crippen LogP contribution >= 0.6 is 0 Å². The second-order valence-corrected chi connectivity index (χ2v) is 19.3. The van der Waals surface area contributed by atoms with Gasteiger partial charge in [0.25, 0.3) is 0 Å². The highest BCUT2D eigenvalue weighted by Gasteiger charge is 2.41. The van der Waals surface area contributed by atoms with Gasteiger partial charge in [-0.15, -0.1) is 0 Å². The summed E-state index contributed by atoms with van der Waals surface area (Å²) in [4.78, 5) is 2.47. The summed E-state index contributed by atoms with van der Waals surface area (Å²) >= 11 is 0. The normalized spacial score (nSPS) is 15.2. The van der Waals surface area contributed by atoms with Crippen molar-refractivity contribution < 1.29 is 0 Å². The maximum Gasteiger partial charge on any atom is 0.0467 e. The molecule has 1 unspecified atom stereocenters. The first-order valence-corrected chi connectivity index (χ1v) is 23.9. The SMILES string of the molecule is CC1(C)c2ccccc2-c2cccc(-c3ccc(N(c4cccc(-c5c(-c6ccccc6)c6ccccc6c6ccccc56)c4)c4ccc5c(c4)C(C)(c4ccccc4)c4ccccc4-5)cc3)c21. The van der Waals surface area contributed by atoms with Gasteiger partial charge in [-0.2, -0.15) is 0 Å². The van der Waals surface area contributed by atoms with Gasteiger partial charge >= 0.3 is 0 Å². The lowest BCUT2D eigenvalue weighted by atomic mass is 9.74. The molecule has 0 aromatic heterocycles. The molecule has 2 aliphatic rings. The van der Waals surface area contributed by atoms with Gasteiger partial charge < -0.3 is 4.90 Å². The summed E-state index contributed by atoms with van der Waals surface area (Å²) in [6, 6.07) is 90.3. The van der Waals surface area contributed by atoms with E-state index in [1.807, 2.05) is 0 Å². The number of hydrogen-bond donors (Lipinski definition) is 0. The van der Waals surface area contributed by atoms with Gasteiger partial charge in [-0.1, -0.05) is 220 Å². The fourth-order valence-electron chi connectivity index (χ4n) is 12.2. The minimum Gasteiger partial charge on any atom is -0.310 e. The number of hydrogen-bond acceptors (Lipinski definition) is 1. The van der Waals surface area contributed by atoms with Crippen molar-refractivity contribution in [1.82, 2.24) is 0 Å². The van der Waals surface area contributed by atoms with Crippen molar-refractivity contribution in [3.8, 4) is 55.6 Å². The van der Waals surface area contributed by atoms with Gasteiger partial charge in [0.15, 0.2) is 0 Å². The summed E-state index contributed by atoms with van der Waals surface area (Å²) < 4.78 is 0. The van der Waals surface area contributed by atoms with Crippen molar-refractivity contribution >= 4 is 38.6 Å². The van der Waals surface area contributed by atoms with Crippen molar-refractivity contribution in [3.05, 3.63) is 270 Å². The van der Waals surface area contributed by atoms with Crippen LogP contribution in [0.1, 0.15) is 48.6 Å². The van der Waals surface area contributed by atoms with E-state index in [9.17, 15) is 0 Å². The molecule has 0 heterocycles. The second kappa shape index (κ2) is 15.4. The highest BCUT2D eigenvalue weighted by Crippen LogP contribution is 2.55. The Morgan fingerprint density at radius 1 is 0.294 bits per heavy atom. The van der Waals surface area contributed by atoms with Crippen LogP contribution in [0, 0.1) is 0 Å². The molecule has 68 heavy (non-hydrogen) atoms. The second-order valence-electron chi connectivity index (χ2n) is 19.3. The van der Waals surface area contributed by atoms with Gasteiger partial charge in [-0.3, -0.25) is 0 Å². The zero-order chi connectivity index (χ0) is 45.6. The Kier molecular flexibility index (Phi) is 9.07. The molecule has 0 bridgehead atoms. The zero-order valence-corrected chi connectivity index (χ0v) is 38.5. The van der Waals surface area contributed by atoms with Crippen LogP contribution in [0.5, 0.6) is 0 Å². The molecule has 0 saturated heterocycles. The molecule has 1 atom stereocenters. The Bertz CT molecular complexity index is 3770. The molecule has 1 heteroatoms. The van der Waals surface area contributed by atoms with Gasteiger partial charge in [0, 0.05) is 27.9 Å². The number of fused-ring (bicyclic) bond motifs is 9. The van der Waals surface area contributed by atoms with Crippen molar-refractivity contribution in [1.29, 1.82) is 0 Å². The molecule has 0 spiro atoms. The van der Waals surface area contributed by atoms with Crippen molar-refractivity contribution in [2.75, 3.05) is 4.90 Å². The summed E-state index contributed by atoms with van der Waals surface area (Å²) in [5, 5.41) is 5.02. The van der Waals surface area contributed by atoms with E-state index >= 15 is 0 Å². The molecule has 0 aliphatic heterocycles. The third kappa shape index (κ3) is 5.95. The highest BCUT2D eigenvalue weighted by atomic mass is 15.1. The van der Waals surface area contributed by atoms with Gasteiger partial charge in [0.2, 0.25) is 0 Å². The first-order valence-electron chi connectivity index (χ1n) is 23.9. The van der Waals surface area contributed by atoms with Crippen LogP contribution < -0.4 is 4.90 Å². The fraction of sp³-hybridized carbons (Fsp3) is 0.0746. The lowest BCUT2D eigenvalue weighted by molar-refractivity contribution is 0.662. The van der Waals surface area contributed by atoms with Crippen LogP contribution in [-0.2, 0) is 10.8 Å². The van der Waals surface area contributed by atoms with E-state index in [0.29, 0.717) is 0 Å². The minimum absolute atomic E-state index is 0.118. The minimum atomic E-state index is -0.340. The van der Waals surface area contributed by atoms with E-state index in [1.54, 1.807) is 0 Å². The number of rotatable bonds is 7. The van der Waals surface area contributed by atoms with Gasteiger partial charge in [0.05, 0.1) is 0 Å². The van der Waals surface area contributed by atoms with E-state index in [-0.39, 0.29) is 10.8 Å². The van der Waals surface area contributed by atoms with Crippen LogP contribution in [0.25, 0.3) is 77.2 Å². The Morgan fingerprint density at radius 3 is 1.49 bits per heavy atom. The molecule has 2 aliphatic carbocycles. The summed E-state index contributed by atoms with van der Waals surface area (Å²) in [5.41, 5.74) is 22.2. The molecular weight excluding hydrogens is 819 g/mol. The van der Waals surface area contributed by atoms with Gasteiger partial charge in [-0.05, 0) is 148 Å². The lowest BCUT2D eigenvalue weighted by Gasteiger charge is -2.31. The van der Waals surface area contributed by atoms with Crippen LogP contribution in [0.2, 0.25) is 0 Å². The topological polar surface area (TPSA) is 3.24 Å². The maximum absolute atomic E-state index is 2.47. The molecule has 322 valence electrons. The predicted molar refractivity (Wildman–Crippen MR) is 287 cm³/mol. The smallest absolute Gasteiger partial charge is 0.0467 e. The standard InChI is InChI=1S/C67H49N/c1-66(2)60-34-16-14-29-55(60)59-33-19-32-51(65(59)66)44-36-38-48(39-37-44)68(50-40-41-56-54-28-15-17-35-61(54)67(3,62(56)43-50)47-23-8-5-9-24-47)49-25-18-22-46(42-49)64-58-31-13-11-27-53(58)52-26-10-12-30-57(52)63(64)45-20-6-4-7-21-45/h4-43H,1-3H3. The molecule has 13 rings (SSSR count).